The van der Waals surface area contributed by atoms with Crippen molar-refractivity contribution in [1.29, 1.82) is 0 Å². The number of rotatable bonds is 8. The molecule has 0 bridgehead atoms. The number of nitrogens with zero attached hydrogens (tertiary/aromatic N) is 2. The number of carbonyl (C=O) groups excluding carboxylic acids is 1. The van der Waals surface area contributed by atoms with E-state index in [1.54, 1.807) is 0 Å². The zero-order valence-electron chi connectivity index (χ0n) is 11.7. The molecule has 0 fully saturated rings. The van der Waals surface area contributed by atoms with Crippen molar-refractivity contribution in [3.05, 3.63) is 12.2 Å². The number of H-pyrrole nitrogens is 1. The molecule has 0 saturated heterocycles. The molecule has 1 aromatic rings. The highest BCUT2D eigenvalue weighted by Gasteiger charge is 2.21. The molecule has 1 unspecified atom stereocenters. The van der Waals surface area contributed by atoms with Crippen LogP contribution < -0.4 is 10.6 Å². The van der Waals surface area contributed by atoms with Gasteiger partial charge in [0, 0.05) is 19.5 Å². The summed E-state index contributed by atoms with van der Waals surface area (Å²) in [6.07, 6.45) is 2.87. The molecule has 8 heteroatoms. The van der Waals surface area contributed by atoms with Crippen molar-refractivity contribution in [1.82, 2.24) is 25.8 Å². The first-order valence-corrected chi connectivity index (χ1v) is 6.59. The highest BCUT2D eigenvalue weighted by Crippen LogP contribution is 2.09. The van der Waals surface area contributed by atoms with Crippen LogP contribution in [0.1, 0.15) is 26.1 Å². The second-order valence-electron chi connectivity index (χ2n) is 4.86. The van der Waals surface area contributed by atoms with E-state index in [2.05, 4.69) is 25.8 Å². The van der Waals surface area contributed by atoms with Crippen LogP contribution in [-0.2, 0) is 11.2 Å². The number of hydrogen-bond acceptors (Lipinski definition) is 4. The summed E-state index contributed by atoms with van der Waals surface area (Å²) in [5, 5.41) is 20.7. The molecular formula is C12H21N5O3. The van der Waals surface area contributed by atoms with Gasteiger partial charge in [-0.3, -0.25) is 9.89 Å². The van der Waals surface area contributed by atoms with Crippen molar-refractivity contribution < 1.29 is 14.7 Å². The Morgan fingerprint density at radius 2 is 2.15 bits per heavy atom. The van der Waals surface area contributed by atoms with E-state index in [0.717, 1.165) is 12.2 Å². The number of hydrogen-bond donors (Lipinski definition) is 4. The summed E-state index contributed by atoms with van der Waals surface area (Å²) in [4.78, 5) is 26.4. The number of amides is 2. The first-order valence-electron chi connectivity index (χ1n) is 6.59. The maximum Gasteiger partial charge on any atom is 0.314 e. The predicted octanol–water partition coefficient (Wildman–Crippen LogP) is 0.393. The third-order valence-electron chi connectivity index (χ3n) is 2.95. The molecule has 20 heavy (non-hydrogen) atoms. The normalized spacial score (nSPS) is 12.2. The minimum absolute atomic E-state index is 0.0285. The predicted molar refractivity (Wildman–Crippen MR) is 72.1 cm³/mol. The molecule has 0 aromatic carbocycles. The summed E-state index contributed by atoms with van der Waals surface area (Å²) >= 11 is 0. The van der Waals surface area contributed by atoms with Gasteiger partial charge in [-0.25, -0.2) is 9.78 Å². The number of aromatic nitrogens is 3. The Hall–Kier alpha value is -2.12. The van der Waals surface area contributed by atoms with Gasteiger partial charge >= 0.3 is 12.0 Å². The van der Waals surface area contributed by atoms with E-state index < -0.39 is 11.9 Å². The number of carboxylic acids is 1. The first-order chi connectivity index (χ1) is 9.50. The van der Waals surface area contributed by atoms with Crippen LogP contribution in [-0.4, -0.2) is 45.4 Å². The van der Waals surface area contributed by atoms with Crippen molar-refractivity contribution in [2.75, 3.05) is 13.1 Å². The molecule has 0 aliphatic rings. The van der Waals surface area contributed by atoms with Crippen molar-refractivity contribution in [3.8, 4) is 0 Å². The Labute approximate surface area is 117 Å². The van der Waals surface area contributed by atoms with Crippen LogP contribution >= 0.6 is 0 Å². The minimum atomic E-state index is -0.898. The fourth-order valence-electron chi connectivity index (χ4n) is 1.68. The Bertz CT molecular complexity index is 419. The minimum Gasteiger partial charge on any atom is -0.481 e. The summed E-state index contributed by atoms with van der Waals surface area (Å²) in [6, 6.07) is -0.352. The molecule has 1 atom stereocenters. The third kappa shape index (κ3) is 5.68. The Morgan fingerprint density at radius 3 is 2.70 bits per heavy atom. The van der Waals surface area contributed by atoms with Gasteiger partial charge in [-0.15, -0.1) is 0 Å². The van der Waals surface area contributed by atoms with E-state index in [1.165, 1.54) is 6.33 Å². The van der Waals surface area contributed by atoms with Crippen LogP contribution in [0.2, 0.25) is 0 Å². The van der Waals surface area contributed by atoms with Crippen LogP contribution in [0, 0.1) is 11.8 Å². The van der Waals surface area contributed by atoms with E-state index in [0.29, 0.717) is 13.0 Å². The molecule has 1 aromatic heterocycles. The molecule has 0 spiro atoms. The van der Waals surface area contributed by atoms with Crippen LogP contribution in [0.3, 0.4) is 0 Å². The van der Waals surface area contributed by atoms with Gasteiger partial charge in [0.25, 0.3) is 0 Å². The lowest BCUT2D eigenvalue weighted by molar-refractivity contribution is -0.142. The molecule has 112 valence electrons. The monoisotopic (exact) mass is 283 g/mol. The lowest BCUT2D eigenvalue weighted by atomic mass is 9.96. The largest absolute Gasteiger partial charge is 0.481 e. The van der Waals surface area contributed by atoms with Gasteiger partial charge in [0.2, 0.25) is 0 Å². The Balaban J connectivity index is 2.15. The summed E-state index contributed by atoms with van der Waals surface area (Å²) in [7, 11) is 0. The zero-order valence-corrected chi connectivity index (χ0v) is 11.7. The smallest absolute Gasteiger partial charge is 0.314 e. The molecule has 0 aliphatic carbocycles. The number of nitrogens with one attached hydrogen (secondary N) is 3. The number of aliphatic carboxylic acids is 1. The second kappa shape index (κ2) is 8.13. The zero-order chi connectivity index (χ0) is 15.0. The molecule has 4 N–H and O–H groups in total. The van der Waals surface area contributed by atoms with Gasteiger partial charge in [0.15, 0.2) is 0 Å². The number of carbonyl (C=O) groups is 2. The highest BCUT2D eigenvalue weighted by molar-refractivity contribution is 5.75. The average molecular weight is 283 g/mol. The summed E-state index contributed by atoms with van der Waals surface area (Å²) in [6.45, 7) is 4.25. The number of urea groups is 1. The standard InChI is InChI=1S/C12H21N5O3/c1-8(2)9(11(18)19)6-14-12(20)13-5-3-4-10-15-7-16-17-10/h7-9H,3-6H2,1-2H3,(H,18,19)(H2,13,14,20)(H,15,16,17). The molecule has 1 rings (SSSR count). The summed E-state index contributed by atoms with van der Waals surface area (Å²) < 4.78 is 0. The molecule has 0 radical (unpaired) electrons. The fraction of sp³-hybridized carbons (Fsp3) is 0.667. The van der Waals surface area contributed by atoms with Gasteiger partial charge in [-0.05, 0) is 12.3 Å². The van der Waals surface area contributed by atoms with Crippen molar-refractivity contribution >= 4 is 12.0 Å². The molecule has 8 nitrogen and oxygen atoms in total. The number of carboxylic acid groups (broad SMARTS) is 1. The van der Waals surface area contributed by atoms with E-state index >= 15 is 0 Å². The maximum absolute atomic E-state index is 11.5. The van der Waals surface area contributed by atoms with Gasteiger partial charge in [-0.2, -0.15) is 5.10 Å². The number of aromatic amines is 1. The van der Waals surface area contributed by atoms with E-state index in [4.69, 9.17) is 5.11 Å². The first kappa shape index (κ1) is 15.9. The Kier molecular flexibility index (Phi) is 6.48. The van der Waals surface area contributed by atoms with Crippen molar-refractivity contribution in [3.63, 3.8) is 0 Å². The summed E-state index contributed by atoms with van der Waals surface area (Å²) in [5.41, 5.74) is 0. The van der Waals surface area contributed by atoms with Gasteiger partial charge in [0.1, 0.15) is 12.2 Å². The topological polar surface area (TPSA) is 120 Å². The third-order valence-corrected chi connectivity index (χ3v) is 2.95. The molecule has 2 amide bonds. The SMILES string of the molecule is CC(C)C(CNC(=O)NCCCc1ncn[nH]1)C(=O)O. The van der Waals surface area contributed by atoms with Crippen LogP contribution in [0.4, 0.5) is 4.79 Å². The summed E-state index contributed by atoms with van der Waals surface area (Å²) in [5.74, 6) is -0.724. The Morgan fingerprint density at radius 1 is 1.40 bits per heavy atom. The fourth-order valence-corrected chi connectivity index (χ4v) is 1.68. The van der Waals surface area contributed by atoms with Gasteiger partial charge in [0.05, 0.1) is 5.92 Å². The second-order valence-corrected chi connectivity index (χ2v) is 4.86. The number of aryl methyl sites for hydroxylation is 1. The molecule has 0 saturated carbocycles. The van der Waals surface area contributed by atoms with E-state index in [1.807, 2.05) is 13.8 Å². The maximum atomic E-state index is 11.5. The van der Waals surface area contributed by atoms with Crippen LogP contribution in [0.5, 0.6) is 0 Å². The lowest BCUT2D eigenvalue weighted by Gasteiger charge is -2.16. The average Bonchev–Trinajstić information content (AvgIpc) is 2.87. The van der Waals surface area contributed by atoms with Gasteiger partial charge < -0.3 is 15.7 Å². The van der Waals surface area contributed by atoms with Crippen LogP contribution in [0.15, 0.2) is 6.33 Å². The highest BCUT2D eigenvalue weighted by atomic mass is 16.4. The van der Waals surface area contributed by atoms with Gasteiger partial charge in [-0.1, -0.05) is 13.8 Å². The van der Waals surface area contributed by atoms with E-state index in [-0.39, 0.29) is 18.5 Å². The quantitative estimate of drug-likeness (QED) is 0.514. The molecule has 0 aliphatic heterocycles. The van der Waals surface area contributed by atoms with Crippen LogP contribution in [0.25, 0.3) is 0 Å². The van der Waals surface area contributed by atoms with Crippen molar-refractivity contribution in [2.24, 2.45) is 11.8 Å². The molecule has 1 heterocycles. The van der Waals surface area contributed by atoms with E-state index in [9.17, 15) is 9.59 Å². The molecular weight excluding hydrogens is 262 g/mol. The van der Waals surface area contributed by atoms with Crippen molar-refractivity contribution in [2.45, 2.75) is 26.7 Å². The lowest BCUT2D eigenvalue weighted by Crippen LogP contribution is -2.41.